The molecule has 5 nitrogen and oxygen atoms in total. The molecule has 3 heterocycles. The summed E-state index contributed by atoms with van der Waals surface area (Å²) < 4.78 is 2.12. The van der Waals surface area contributed by atoms with E-state index in [9.17, 15) is 4.79 Å². The van der Waals surface area contributed by atoms with Gasteiger partial charge in [0.15, 0.2) is 0 Å². The SMILES string of the molecule is O=C(NCc1ccc(N2CCCCC2)cc1)c1cn2c(n1)CCCC2. The molecule has 1 aromatic carbocycles. The molecule has 132 valence electrons. The first-order valence-corrected chi connectivity index (χ1v) is 9.48. The molecule has 0 bridgehead atoms. The molecule has 1 fully saturated rings. The molecule has 0 unspecified atom stereocenters. The monoisotopic (exact) mass is 338 g/mol. The standard InChI is InChI=1S/C20H26N4O/c25-20(18-15-24-13-5-2-6-19(24)22-18)21-14-16-7-9-17(10-8-16)23-11-3-1-4-12-23/h7-10,15H,1-6,11-14H2,(H,21,25). The Labute approximate surface area is 149 Å². The lowest BCUT2D eigenvalue weighted by molar-refractivity contribution is 0.0946. The van der Waals surface area contributed by atoms with Crippen LogP contribution in [-0.4, -0.2) is 28.5 Å². The number of hydrogen-bond donors (Lipinski definition) is 1. The summed E-state index contributed by atoms with van der Waals surface area (Å²) >= 11 is 0. The van der Waals surface area contributed by atoms with Crippen LogP contribution in [0.25, 0.3) is 0 Å². The van der Waals surface area contributed by atoms with Crippen LogP contribution in [0.2, 0.25) is 0 Å². The van der Waals surface area contributed by atoms with E-state index >= 15 is 0 Å². The maximum atomic E-state index is 12.4. The minimum absolute atomic E-state index is 0.0815. The molecule has 1 aromatic heterocycles. The Morgan fingerprint density at radius 1 is 1.00 bits per heavy atom. The lowest BCUT2D eigenvalue weighted by Crippen LogP contribution is -2.29. The van der Waals surface area contributed by atoms with Gasteiger partial charge >= 0.3 is 0 Å². The summed E-state index contributed by atoms with van der Waals surface area (Å²) in [5.74, 6) is 0.962. The van der Waals surface area contributed by atoms with Crippen LogP contribution >= 0.6 is 0 Å². The molecular weight excluding hydrogens is 312 g/mol. The minimum atomic E-state index is -0.0815. The van der Waals surface area contributed by atoms with Crippen molar-refractivity contribution in [3.63, 3.8) is 0 Å². The number of fused-ring (bicyclic) bond motifs is 1. The van der Waals surface area contributed by atoms with E-state index in [1.165, 1.54) is 37.8 Å². The molecule has 4 rings (SSSR count). The van der Waals surface area contributed by atoms with Crippen molar-refractivity contribution in [3.8, 4) is 0 Å². The number of carbonyl (C=O) groups is 1. The molecular formula is C20H26N4O. The zero-order chi connectivity index (χ0) is 17.1. The minimum Gasteiger partial charge on any atom is -0.372 e. The highest BCUT2D eigenvalue weighted by atomic mass is 16.1. The largest absolute Gasteiger partial charge is 0.372 e. The number of piperidine rings is 1. The van der Waals surface area contributed by atoms with Crippen molar-refractivity contribution in [2.24, 2.45) is 0 Å². The normalized spacial score (nSPS) is 17.2. The number of carbonyl (C=O) groups excluding carboxylic acids is 1. The van der Waals surface area contributed by atoms with E-state index in [0.29, 0.717) is 12.2 Å². The highest BCUT2D eigenvalue weighted by Gasteiger charge is 2.16. The fourth-order valence-corrected chi connectivity index (χ4v) is 3.77. The second-order valence-corrected chi connectivity index (χ2v) is 7.09. The van der Waals surface area contributed by atoms with Crippen LogP contribution < -0.4 is 10.2 Å². The zero-order valence-electron chi connectivity index (χ0n) is 14.7. The molecule has 1 amide bonds. The molecule has 5 heteroatoms. The topological polar surface area (TPSA) is 50.2 Å². The summed E-state index contributed by atoms with van der Waals surface area (Å²) in [6.07, 6.45) is 9.13. The first kappa shape index (κ1) is 16.2. The number of aryl methyl sites for hydroxylation is 2. The summed E-state index contributed by atoms with van der Waals surface area (Å²) in [7, 11) is 0. The van der Waals surface area contributed by atoms with Crippen LogP contribution in [0.15, 0.2) is 30.5 Å². The number of amides is 1. The number of benzene rings is 1. The van der Waals surface area contributed by atoms with Crippen molar-refractivity contribution in [2.45, 2.75) is 51.6 Å². The van der Waals surface area contributed by atoms with Crippen molar-refractivity contribution in [1.82, 2.24) is 14.9 Å². The number of anilines is 1. The quantitative estimate of drug-likeness (QED) is 0.932. The average molecular weight is 338 g/mol. The third-order valence-electron chi connectivity index (χ3n) is 5.25. The van der Waals surface area contributed by atoms with E-state index in [2.05, 4.69) is 44.0 Å². The third kappa shape index (κ3) is 3.70. The molecule has 0 spiro atoms. The van der Waals surface area contributed by atoms with E-state index in [0.717, 1.165) is 37.4 Å². The first-order chi connectivity index (χ1) is 12.3. The lowest BCUT2D eigenvalue weighted by Gasteiger charge is -2.28. The van der Waals surface area contributed by atoms with Crippen molar-refractivity contribution < 1.29 is 4.79 Å². The summed E-state index contributed by atoms with van der Waals surface area (Å²) in [4.78, 5) is 19.3. The van der Waals surface area contributed by atoms with Gasteiger partial charge in [-0.1, -0.05) is 12.1 Å². The molecule has 2 aliphatic rings. The molecule has 0 radical (unpaired) electrons. The number of aromatic nitrogens is 2. The Morgan fingerprint density at radius 3 is 2.52 bits per heavy atom. The van der Waals surface area contributed by atoms with E-state index in [4.69, 9.17) is 0 Å². The van der Waals surface area contributed by atoms with Crippen molar-refractivity contribution in [3.05, 3.63) is 47.5 Å². The van der Waals surface area contributed by atoms with Gasteiger partial charge < -0.3 is 14.8 Å². The molecule has 0 atom stereocenters. The van der Waals surface area contributed by atoms with Crippen molar-refractivity contribution in [1.29, 1.82) is 0 Å². The van der Waals surface area contributed by atoms with Gasteiger partial charge in [0.05, 0.1) is 0 Å². The maximum absolute atomic E-state index is 12.4. The van der Waals surface area contributed by atoms with Gasteiger partial charge in [-0.25, -0.2) is 4.98 Å². The maximum Gasteiger partial charge on any atom is 0.271 e. The summed E-state index contributed by atoms with van der Waals surface area (Å²) in [6, 6.07) is 8.56. The number of hydrogen-bond acceptors (Lipinski definition) is 3. The van der Waals surface area contributed by atoms with Gasteiger partial charge in [0.25, 0.3) is 5.91 Å². The summed E-state index contributed by atoms with van der Waals surface area (Å²) in [5, 5.41) is 3.00. The van der Waals surface area contributed by atoms with Crippen LogP contribution in [0, 0.1) is 0 Å². The molecule has 2 aliphatic heterocycles. The van der Waals surface area contributed by atoms with E-state index < -0.39 is 0 Å². The van der Waals surface area contributed by atoms with E-state index in [1.807, 2.05) is 6.20 Å². The van der Waals surface area contributed by atoms with Crippen LogP contribution in [0.3, 0.4) is 0 Å². The van der Waals surface area contributed by atoms with E-state index in [-0.39, 0.29) is 5.91 Å². The lowest BCUT2D eigenvalue weighted by atomic mass is 10.1. The molecule has 0 aliphatic carbocycles. The van der Waals surface area contributed by atoms with Gasteiger partial charge in [-0.05, 0) is 49.8 Å². The number of imidazole rings is 1. The average Bonchev–Trinajstić information content (AvgIpc) is 3.11. The second-order valence-electron chi connectivity index (χ2n) is 7.09. The molecule has 2 aromatic rings. The summed E-state index contributed by atoms with van der Waals surface area (Å²) in [6.45, 7) is 3.83. The predicted molar refractivity (Wildman–Crippen MR) is 98.8 cm³/mol. The highest BCUT2D eigenvalue weighted by molar-refractivity contribution is 5.92. The van der Waals surface area contributed by atoms with Gasteiger partial charge in [0.1, 0.15) is 11.5 Å². The number of rotatable bonds is 4. The Hall–Kier alpha value is -2.30. The summed E-state index contributed by atoms with van der Waals surface area (Å²) in [5.41, 5.74) is 2.96. The zero-order valence-corrected chi connectivity index (χ0v) is 14.7. The molecule has 25 heavy (non-hydrogen) atoms. The number of nitrogens with zero attached hydrogens (tertiary/aromatic N) is 3. The fourth-order valence-electron chi connectivity index (χ4n) is 3.77. The van der Waals surface area contributed by atoms with Gasteiger partial charge in [-0.15, -0.1) is 0 Å². The van der Waals surface area contributed by atoms with Gasteiger partial charge in [0.2, 0.25) is 0 Å². The third-order valence-corrected chi connectivity index (χ3v) is 5.25. The number of nitrogens with one attached hydrogen (secondary N) is 1. The van der Waals surface area contributed by atoms with Gasteiger partial charge in [-0.2, -0.15) is 0 Å². The Bertz CT molecular complexity index is 705. The van der Waals surface area contributed by atoms with E-state index in [1.54, 1.807) is 0 Å². The van der Waals surface area contributed by atoms with Gasteiger partial charge in [-0.3, -0.25) is 4.79 Å². The molecule has 1 N–H and O–H groups in total. The first-order valence-electron chi connectivity index (χ1n) is 9.48. The Kier molecular flexibility index (Phi) is 4.72. The van der Waals surface area contributed by atoms with Crippen LogP contribution in [-0.2, 0) is 19.5 Å². The smallest absolute Gasteiger partial charge is 0.271 e. The molecule has 1 saturated heterocycles. The second kappa shape index (κ2) is 7.30. The Morgan fingerprint density at radius 2 is 1.76 bits per heavy atom. The van der Waals surface area contributed by atoms with Crippen molar-refractivity contribution in [2.75, 3.05) is 18.0 Å². The van der Waals surface area contributed by atoms with Crippen LogP contribution in [0.1, 0.15) is 54.0 Å². The van der Waals surface area contributed by atoms with Crippen LogP contribution in [0.5, 0.6) is 0 Å². The fraction of sp³-hybridized carbons (Fsp3) is 0.500. The van der Waals surface area contributed by atoms with Gasteiger partial charge in [0, 0.05) is 44.5 Å². The highest BCUT2D eigenvalue weighted by Crippen LogP contribution is 2.20. The molecule has 0 saturated carbocycles. The van der Waals surface area contributed by atoms with Crippen LogP contribution in [0.4, 0.5) is 5.69 Å². The predicted octanol–water partition coefficient (Wildman–Crippen LogP) is 3.14. The van der Waals surface area contributed by atoms with Crippen molar-refractivity contribution >= 4 is 11.6 Å². The Balaban J connectivity index is 1.34.